The van der Waals surface area contributed by atoms with Crippen molar-refractivity contribution in [2.45, 2.75) is 63.9 Å². The zero-order valence-corrected chi connectivity index (χ0v) is 30.0. The minimum atomic E-state index is -2.24. The Morgan fingerprint density at radius 2 is 1.74 bits per heavy atom. The van der Waals surface area contributed by atoms with E-state index in [4.69, 9.17) is 9.16 Å². The van der Waals surface area contributed by atoms with E-state index in [1.165, 1.54) is 25.4 Å². The number of ether oxygens (including phenoxy) is 1. The molecule has 0 bridgehead atoms. The average molecular weight is 705 g/mol. The van der Waals surface area contributed by atoms with Gasteiger partial charge < -0.3 is 29.8 Å². The minimum absolute atomic E-state index is 0.0462. The molecule has 14 heteroatoms. The molecule has 4 heterocycles. The lowest BCUT2D eigenvalue weighted by molar-refractivity contribution is 0.0553. The summed E-state index contributed by atoms with van der Waals surface area (Å²) in [6.45, 7) is 11.8. The molecular formula is C36H42F2N6O5Si. The molecule has 264 valence electrons. The van der Waals surface area contributed by atoms with Gasteiger partial charge in [0.05, 0.1) is 53.4 Å². The molecule has 1 saturated carbocycles. The molecule has 3 N–H and O–H groups in total. The van der Waals surface area contributed by atoms with Crippen molar-refractivity contribution in [3.8, 4) is 16.9 Å². The molecule has 1 saturated heterocycles. The standard InChI is InChI=1S/C36H42F2N6O5Si/c1-36(2,3)50(5,6)49-33-23(20-7-8-20)18-44(19-30(33)43-35(46)47)31-11-12-39-17-29(31)42-34(45)27-10-9-26-28(41-27)13-21(16-40-26)32-24(37)14-22(48-4)15-25(32)38/h9-17,20,23,30,33,43H,7-8,18-19H2,1-6H3,(H,42,45)(H,46,47)/t23-,30-,33+/m1/s1. The maximum Gasteiger partial charge on any atom is 0.405 e. The number of carboxylic acid groups (broad SMARTS) is 1. The molecule has 50 heavy (non-hydrogen) atoms. The second kappa shape index (κ2) is 13.6. The predicted molar refractivity (Wildman–Crippen MR) is 189 cm³/mol. The number of hydrogen-bond donors (Lipinski definition) is 3. The van der Waals surface area contributed by atoms with E-state index in [1.54, 1.807) is 24.5 Å². The lowest BCUT2D eigenvalue weighted by atomic mass is 9.86. The van der Waals surface area contributed by atoms with Crippen LogP contribution in [0.1, 0.15) is 44.1 Å². The fourth-order valence-electron chi connectivity index (χ4n) is 6.34. The Morgan fingerprint density at radius 1 is 1.02 bits per heavy atom. The predicted octanol–water partition coefficient (Wildman–Crippen LogP) is 7.10. The molecule has 0 spiro atoms. The van der Waals surface area contributed by atoms with Crippen molar-refractivity contribution >= 4 is 42.7 Å². The largest absolute Gasteiger partial charge is 0.497 e. The molecule has 6 rings (SSSR count). The second-order valence-corrected chi connectivity index (χ2v) is 19.3. The first-order valence-corrected chi connectivity index (χ1v) is 19.5. The summed E-state index contributed by atoms with van der Waals surface area (Å²) in [5.74, 6) is -1.63. The molecule has 2 aliphatic rings. The van der Waals surface area contributed by atoms with Crippen LogP contribution in [0, 0.1) is 23.5 Å². The number of fused-ring (bicyclic) bond motifs is 1. The normalized spacial score (nSPS) is 19.7. The van der Waals surface area contributed by atoms with Crippen molar-refractivity contribution in [3.63, 3.8) is 0 Å². The SMILES string of the molecule is COc1cc(F)c(-c2cnc3ccc(C(=O)Nc4cnccc4N4C[C@H](C5CC5)[C@H](O[Si](C)(C)C(C)(C)C)[C@H](NC(=O)O)C4)nc3c2)c(F)c1. The maximum atomic E-state index is 14.8. The number of rotatable bonds is 9. The van der Waals surface area contributed by atoms with E-state index in [-0.39, 0.29) is 45.1 Å². The Kier molecular flexibility index (Phi) is 9.53. The van der Waals surface area contributed by atoms with Crippen LogP contribution in [0.3, 0.4) is 0 Å². The molecule has 1 aromatic carbocycles. The quantitative estimate of drug-likeness (QED) is 0.156. The van der Waals surface area contributed by atoms with Gasteiger partial charge in [0.25, 0.3) is 5.91 Å². The Balaban J connectivity index is 1.27. The van der Waals surface area contributed by atoms with Gasteiger partial charge in [0.15, 0.2) is 8.32 Å². The highest BCUT2D eigenvalue weighted by Gasteiger charge is 2.50. The van der Waals surface area contributed by atoms with Crippen LogP contribution >= 0.6 is 0 Å². The van der Waals surface area contributed by atoms with Gasteiger partial charge >= 0.3 is 6.09 Å². The van der Waals surface area contributed by atoms with Crippen LogP contribution in [0.25, 0.3) is 22.2 Å². The first kappa shape index (κ1) is 35.1. The Labute approximate surface area is 290 Å². The monoisotopic (exact) mass is 704 g/mol. The third kappa shape index (κ3) is 7.26. The molecule has 0 unspecified atom stereocenters. The molecule has 2 fully saturated rings. The highest BCUT2D eigenvalue weighted by molar-refractivity contribution is 6.74. The number of methoxy groups -OCH3 is 1. The number of piperidine rings is 1. The van der Waals surface area contributed by atoms with Crippen LogP contribution in [0.5, 0.6) is 5.75 Å². The van der Waals surface area contributed by atoms with Crippen LogP contribution in [-0.4, -0.2) is 72.7 Å². The lowest BCUT2D eigenvalue weighted by Crippen LogP contribution is -2.63. The van der Waals surface area contributed by atoms with Gasteiger partial charge in [-0.2, -0.15) is 0 Å². The fourth-order valence-corrected chi connectivity index (χ4v) is 7.72. The van der Waals surface area contributed by atoms with Crippen molar-refractivity contribution < 1.29 is 32.6 Å². The molecular weight excluding hydrogens is 663 g/mol. The summed E-state index contributed by atoms with van der Waals surface area (Å²) < 4.78 is 41.6. The number of carbonyl (C=O) groups is 2. The van der Waals surface area contributed by atoms with Gasteiger partial charge in [-0.15, -0.1) is 0 Å². The van der Waals surface area contributed by atoms with Gasteiger partial charge in [0, 0.05) is 49.1 Å². The third-order valence-electron chi connectivity index (χ3n) is 10.1. The van der Waals surface area contributed by atoms with Gasteiger partial charge in [-0.1, -0.05) is 20.8 Å². The molecule has 1 aliphatic heterocycles. The van der Waals surface area contributed by atoms with Gasteiger partial charge in [-0.05, 0) is 61.2 Å². The van der Waals surface area contributed by atoms with E-state index in [9.17, 15) is 23.5 Å². The van der Waals surface area contributed by atoms with Crippen molar-refractivity contribution in [1.82, 2.24) is 20.3 Å². The molecule has 4 aromatic rings. The van der Waals surface area contributed by atoms with E-state index in [0.29, 0.717) is 35.9 Å². The number of hydrogen-bond acceptors (Lipinski definition) is 8. The number of benzene rings is 1. The maximum absolute atomic E-state index is 14.8. The summed E-state index contributed by atoms with van der Waals surface area (Å²) in [4.78, 5) is 40.8. The third-order valence-corrected chi connectivity index (χ3v) is 14.6. The summed E-state index contributed by atoms with van der Waals surface area (Å²) in [5.41, 5.74) is 1.77. The van der Waals surface area contributed by atoms with Crippen LogP contribution in [-0.2, 0) is 4.43 Å². The van der Waals surface area contributed by atoms with E-state index >= 15 is 0 Å². The number of nitrogens with one attached hydrogen (secondary N) is 2. The number of anilines is 2. The summed E-state index contributed by atoms with van der Waals surface area (Å²) in [6, 6.07) is 8.09. The number of pyridine rings is 3. The Bertz CT molecular complexity index is 1910. The number of aromatic nitrogens is 3. The van der Waals surface area contributed by atoms with Crippen molar-refractivity contribution in [2.24, 2.45) is 11.8 Å². The van der Waals surface area contributed by atoms with E-state index in [1.807, 2.05) is 0 Å². The van der Waals surface area contributed by atoms with Crippen LogP contribution in [0.15, 0.2) is 55.0 Å². The van der Waals surface area contributed by atoms with Crippen LogP contribution in [0.2, 0.25) is 18.1 Å². The Hall–Kier alpha value is -4.69. The first-order chi connectivity index (χ1) is 23.6. The van der Waals surface area contributed by atoms with E-state index < -0.39 is 38.0 Å². The topological polar surface area (TPSA) is 139 Å². The van der Waals surface area contributed by atoms with Crippen LogP contribution < -0.4 is 20.3 Å². The smallest absolute Gasteiger partial charge is 0.405 e. The minimum Gasteiger partial charge on any atom is -0.497 e. The summed E-state index contributed by atoms with van der Waals surface area (Å²) in [5, 5.41) is 15.5. The number of nitrogens with zero attached hydrogens (tertiary/aromatic N) is 4. The molecule has 11 nitrogen and oxygen atoms in total. The second-order valence-electron chi connectivity index (χ2n) is 14.6. The summed E-state index contributed by atoms with van der Waals surface area (Å²) >= 11 is 0. The number of halogens is 2. The van der Waals surface area contributed by atoms with Crippen molar-refractivity contribution in [3.05, 3.63) is 72.3 Å². The number of amides is 2. The molecule has 2 amide bonds. The van der Waals surface area contributed by atoms with Gasteiger partial charge in [0.2, 0.25) is 0 Å². The molecule has 3 aromatic heterocycles. The molecule has 0 radical (unpaired) electrons. The van der Waals surface area contributed by atoms with E-state index in [0.717, 1.165) is 25.0 Å². The van der Waals surface area contributed by atoms with Crippen LogP contribution in [0.4, 0.5) is 25.0 Å². The van der Waals surface area contributed by atoms with Gasteiger partial charge in [-0.3, -0.25) is 14.8 Å². The first-order valence-electron chi connectivity index (χ1n) is 16.6. The average Bonchev–Trinajstić information content (AvgIpc) is 3.90. The van der Waals surface area contributed by atoms with Gasteiger partial charge in [-0.25, -0.2) is 18.6 Å². The molecule has 1 aliphatic carbocycles. The summed E-state index contributed by atoms with van der Waals surface area (Å²) in [7, 11) is -0.919. The van der Waals surface area contributed by atoms with E-state index in [2.05, 4.69) is 64.4 Å². The summed E-state index contributed by atoms with van der Waals surface area (Å²) in [6.07, 6.45) is 5.24. The molecule has 3 atom stereocenters. The van der Waals surface area contributed by atoms with Gasteiger partial charge in [0.1, 0.15) is 23.1 Å². The Morgan fingerprint density at radius 3 is 2.38 bits per heavy atom. The van der Waals surface area contributed by atoms with Crippen molar-refractivity contribution in [1.29, 1.82) is 0 Å². The fraction of sp³-hybridized carbons (Fsp3) is 0.417. The highest BCUT2D eigenvalue weighted by Crippen LogP contribution is 2.46. The zero-order valence-electron chi connectivity index (χ0n) is 29.0. The van der Waals surface area contributed by atoms with Crippen molar-refractivity contribution in [2.75, 3.05) is 30.4 Å². The number of carbonyl (C=O) groups excluding carboxylic acids is 1. The lowest BCUT2D eigenvalue weighted by Gasteiger charge is -2.49. The zero-order chi connectivity index (χ0) is 36.0. The highest BCUT2D eigenvalue weighted by atomic mass is 28.4.